The molecule has 7 N–H and O–H groups in total. The van der Waals surface area contributed by atoms with E-state index < -0.39 is 44.2 Å². The number of nitrogens with two attached hydrogens (primary N) is 2. The molecule has 0 aliphatic carbocycles. The summed E-state index contributed by atoms with van der Waals surface area (Å²) in [6.07, 6.45) is -1.54. The van der Waals surface area contributed by atoms with E-state index in [1.165, 1.54) is 13.1 Å². The normalized spacial score (nSPS) is 25.2. The molecule has 6 atom stereocenters. The fourth-order valence-corrected chi connectivity index (χ4v) is 4.34. The Kier molecular flexibility index (Phi) is 10.6. The van der Waals surface area contributed by atoms with E-state index in [-0.39, 0.29) is 37.1 Å². The van der Waals surface area contributed by atoms with E-state index in [2.05, 4.69) is 10.1 Å². The first-order chi connectivity index (χ1) is 16.0. The Hall–Kier alpha value is -2.34. The van der Waals surface area contributed by atoms with Gasteiger partial charge in [-0.1, -0.05) is 32.0 Å². The summed E-state index contributed by atoms with van der Waals surface area (Å²) in [7, 11) is -4.12. The van der Waals surface area contributed by atoms with E-state index in [0.29, 0.717) is 0 Å². The molecule has 1 aromatic rings. The van der Waals surface area contributed by atoms with Gasteiger partial charge in [0.15, 0.2) is 6.23 Å². The average Bonchev–Trinajstić information content (AvgIpc) is 3.04. The highest BCUT2D eigenvalue weighted by molar-refractivity contribution is 7.52. The summed E-state index contributed by atoms with van der Waals surface area (Å²) in [6.45, 7) is 5.11. The molecule has 1 heterocycles. The van der Waals surface area contributed by atoms with Gasteiger partial charge in [0.05, 0.1) is 25.1 Å². The number of amidine groups is 1. The smallest absolute Gasteiger partial charge is 0.459 e. The summed E-state index contributed by atoms with van der Waals surface area (Å²) in [5.74, 6) is -0.316. The molecule has 190 valence electrons. The Morgan fingerprint density at radius 2 is 2.03 bits per heavy atom. The van der Waals surface area contributed by atoms with Crippen molar-refractivity contribution in [1.82, 2.24) is 5.09 Å². The van der Waals surface area contributed by atoms with Crippen molar-refractivity contribution in [2.75, 3.05) is 13.2 Å². The largest absolute Gasteiger partial charge is 0.464 e. The third-order valence-electron chi connectivity index (χ3n) is 4.62. The van der Waals surface area contributed by atoms with Crippen LogP contribution < -0.4 is 21.1 Å². The lowest BCUT2D eigenvalue weighted by Gasteiger charge is -2.24. The zero-order valence-electron chi connectivity index (χ0n) is 19.5. The predicted octanol–water partition coefficient (Wildman–Crippen LogP) is 1.18. The molecule has 1 aliphatic heterocycles. The first-order valence-corrected chi connectivity index (χ1v) is 12.4. The minimum atomic E-state index is -4.12. The SMILES string of the molecule is CC(C)COC(=O)C(C)NP(=O)(OCC1OC(N=CCC(=N)N)C(N)C1O)Oc1ccccc1. The highest BCUT2D eigenvalue weighted by Gasteiger charge is 2.43. The van der Waals surface area contributed by atoms with E-state index in [1.54, 1.807) is 30.3 Å². The van der Waals surface area contributed by atoms with Crippen LogP contribution in [0.5, 0.6) is 5.75 Å². The monoisotopic (exact) mass is 499 g/mol. The molecule has 0 radical (unpaired) electrons. The van der Waals surface area contributed by atoms with Gasteiger partial charge in [-0.15, -0.1) is 0 Å². The van der Waals surface area contributed by atoms with E-state index in [0.717, 1.165) is 0 Å². The lowest BCUT2D eigenvalue weighted by Crippen LogP contribution is -2.41. The maximum absolute atomic E-state index is 13.5. The van der Waals surface area contributed by atoms with Gasteiger partial charge in [0.25, 0.3) is 0 Å². The molecular formula is C21H34N5O7P. The molecule has 0 saturated carbocycles. The number of aliphatic hydroxyl groups excluding tert-OH is 1. The quantitative estimate of drug-likeness (QED) is 0.114. The van der Waals surface area contributed by atoms with Crippen LogP contribution in [-0.4, -0.2) is 66.9 Å². The molecule has 0 bridgehead atoms. The Morgan fingerprint density at radius 1 is 1.35 bits per heavy atom. The Bertz CT molecular complexity index is 886. The molecule has 0 aromatic heterocycles. The van der Waals surface area contributed by atoms with Gasteiger partial charge >= 0.3 is 13.7 Å². The number of hydrogen-bond donors (Lipinski definition) is 5. The molecule has 1 aromatic carbocycles. The third kappa shape index (κ3) is 8.79. The van der Waals surface area contributed by atoms with Gasteiger partial charge in [0.2, 0.25) is 0 Å². The zero-order valence-corrected chi connectivity index (χ0v) is 20.4. The molecule has 12 nitrogen and oxygen atoms in total. The van der Waals surface area contributed by atoms with Crippen molar-refractivity contribution in [3.8, 4) is 5.75 Å². The molecular weight excluding hydrogens is 465 g/mol. The maximum atomic E-state index is 13.5. The topological polar surface area (TPSA) is 192 Å². The molecule has 34 heavy (non-hydrogen) atoms. The Morgan fingerprint density at radius 3 is 2.65 bits per heavy atom. The average molecular weight is 500 g/mol. The van der Waals surface area contributed by atoms with Crippen LogP contribution in [0.3, 0.4) is 0 Å². The van der Waals surface area contributed by atoms with E-state index in [1.807, 2.05) is 13.8 Å². The second-order valence-electron chi connectivity index (χ2n) is 8.27. The summed E-state index contributed by atoms with van der Waals surface area (Å²) >= 11 is 0. The third-order valence-corrected chi connectivity index (χ3v) is 6.27. The molecule has 2 rings (SSSR count). The fourth-order valence-electron chi connectivity index (χ4n) is 2.84. The second-order valence-corrected chi connectivity index (χ2v) is 9.96. The van der Waals surface area contributed by atoms with Crippen LogP contribution in [0.4, 0.5) is 0 Å². The summed E-state index contributed by atoms with van der Waals surface area (Å²) in [5.41, 5.74) is 11.3. The number of ether oxygens (including phenoxy) is 2. The van der Waals surface area contributed by atoms with E-state index in [9.17, 15) is 14.5 Å². The number of carbonyl (C=O) groups is 1. The zero-order chi connectivity index (χ0) is 25.3. The standard InChI is InChI=1S/C21H34N5O7P/c1-13(2)11-30-21(28)14(3)26-34(29,33-15-7-5-4-6-8-15)31-12-16-19(27)18(24)20(32-16)25-10-9-17(22)23/h4-8,10,13-14,16,18-20,27H,9,11-12,24H2,1-3H3,(H3,22,23)(H,26,29). The Balaban J connectivity index is 2.08. The van der Waals surface area contributed by atoms with Crippen molar-refractivity contribution in [1.29, 1.82) is 5.41 Å². The summed E-state index contributed by atoms with van der Waals surface area (Å²) in [5, 5.41) is 20.2. The number of carbonyl (C=O) groups excluding carboxylic acids is 1. The van der Waals surface area contributed by atoms with Crippen molar-refractivity contribution in [2.24, 2.45) is 22.4 Å². The molecule has 1 saturated heterocycles. The molecule has 1 aliphatic rings. The molecule has 6 unspecified atom stereocenters. The predicted molar refractivity (Wildman–Crippen MR) is 127 cm³/mol. The number of nitrogens with zero attached hydrogens (tertiary/aromatic N) is 1. The summed E-state index contributed by atoms with van der Waals surface area (Å²) < 4.78 is 35.4. The number of esters is 1. The number of aliphatic imine (C=N–C) groups is 1. The van der Waals surface area contributed by atoms with E-state index >= 15 is 0 Å². The number of para-hydroxylation sites is 1. The van der Waals surface area contributed by atoms with Crippen LogP contribution in [-0.2, 0) is 23.4 Å². The lowest BCUT2D eigenvalue weighted by atomic mass is 10.1. The van der Waals surface area contributed by atoms with Crippen LogP contribution in [0.15, 0.2) is 35.3 Å². The number of benzene rings is 1. The van der Waals surface area contributed by atoms with Crippen molar-refractivity contribution in [2.45, 2.75) is 57.7 Å². The minimum absolute atomic E-state index is 0.0816. The number of nitrogens with one attached hydrogen (secondary N) is 2. The first kappa shape index (κ1) is 27.9. The van der Waals surface area contributed by atoms with Crippen molar-refractivity contribution in [3.63, 3.8) is 0 Å². The summed E-state index contributed by atoms with van der Waals surface area (Å²) in [6, 6.07) is 6.41. The van der Waals surface area contributed by atoms with Gasteiger partial charge in [0, 0.05) is 12.6 Å². The van der Waals surface area contributed by atoms with Crippen LogP contribution in [0.25, 0.3) is 0 Å². The Labute approximate surface area is 199 Å². The second kappa shape index (κ2) is 12.9. The van der Waals surface area contributed by atoms with Gasteiger partial charge in [-0.05, 0) is 25.0 Å². The molecule has 1 fully saturated rings. The van der Waals surface area contributed by atoms with Crippen LogP contribution >= 0.6 is 7.75 Å². The minimum Gasteiger partial charge on any atom is -0.464 e. The van der Waals surface area contributed by atoms with Crippen LogP contribution in [0.2, 0.25) is 0 Å². The maximum Gasteiger partial charge on any atom is 0.459 e. The fraction of sp³-hybridized carbons (Fsp3) is 0.571. The van der Waals surface area contributed by atoms with Gasteiger partial charge in [0.1, 0.15) is 24.0 Å². The number of rotatable bonds is 13. The number of hydrogen-bond acceptors (Lipinski definition) is 10. The van der Waals surface area contributed by atoms with Gasteiger partial charge in [-0.3, -0.25) is 19.7 Å². The van der Waals surface area contributed by atoms with Gasteiger partial charge in [-0.2, -0.15) is 5.09 Å². The van der Waals surface area contributed by atoms with E-state index in [4.69, 9.17) is 35.4 Å². The first-order valence-electron chi connectivity index (χ1n) is 10.9. The molecule has 0 spiro atoms. The van der Waals surface area contributed by atoms with Crippen molar-refractivity contribution in [3.05, 3.63) is 30.3 Å². The van der Waals surface area contributed by atoms with Gasteiger partial charge in [-0.25, -0.2) is 4.57 Å². The lowest BCUT2D eigenvalue weighted by molar-refractivity contribution is -0.146. The van der Waals surface area contributed by atoms with Crippen LogP contribution in [0.1, 0.15) is 27.2 Å². The van der Waals surface area contributed by atoms with Crippen molar-refractivity contribution >= 4 is 25.8 Å². The highest BCUT2D eigenvalue weighted by Crippen LogP contribution is 2.45. The molecule has 0 amide bonds. The molecule has 13 heteroatoms. The van der Waals surface area contributed by atoms with Crippen molar-refractivity contribution < 1.29 is 33.0 Å². The highest BCUT2D eigenvalue weighted by atomic mass is 31.2. The summed E-state index contributed by atoms with van der Waals surface area (Å²) in [4.78, 5) is 16.4. The number of aliphatic hydroxyl groups is 1. The van der Waals surface area contributed by atoms with Gasteiger partial charge < -0.3 is 30.6 Å². The van der Waals surface area contributed by atoms with Crippen LogP contribution in [0, 0.1) is 11.3 Å².